The molecule has 11 heteroatoms. The first kappa shape index (κ1) is 25.9. The van der Waals surface area contributed by atoms with Crippen molar-refractivity contribution >= 4 is 34.9 Å². The zero-order valence-corrected chi connectivity index (χ0v) is 19.9. The van der Waals surface area contributed by atoms with E-state index < -0.39 is 11.8 Å². The molecule has 0 unspecified atom stereocenters. The lowest BCUT2D eigenvalue weighted by Crippen LogP contribution is -2.20. The van der Waals surface area contributed by atoms with E-state index in [1.165, 1.54) is 12.4 Å². The van der Waals surface area contributed by atoms with Crippen molar-refractivity contribution in [2.45, 2.75) is 6.42 Å². The molecular formula is C24H26ClN5O5. The third-order valence-electron chi connectivity index (χ3n) is 4.60. The second-order valence-corrected chi connectivity index (χ2v) is 7.60. The van der Waals surface area contributed by atoms with Crippen LogP contribution in [0.5, 0.6) is 11.5 Å². The molecule has 0 bridgehead atoms. The van der Waals surface area contributed by atoms with E-state index in [9.17, 15) is 9.59 Å². The molecule has 0 spiro atoms. The van der Waals surface area contributed by atoms with Crippen molar-refractivity contribution in [3.8, 4) is 11.5 Å². The normalized spacial score (nSPS) is 10.5. The van der Waals surface area contributed by atoms with E-state index in [1.54, 1.807) is 49.6 Å². The summed E-state index contributed by atoms with van der Waals surface area (Å²) in [7, 11) is 1.58. The van der Waals surface area contributed by atoms with Crippen molar-refractivity contribution < 1.29 is 23.8 Å². The van der Waals surface area contributed by atoms with Crippen molar-refractivity contribution in [2.75, 3.05) is 44.1 Å². The maximum Gasteiger partial charge on any atom is 0.277 e. The lowest BCUT2D eigenvalue weighted by atomic mass is 10.1. The molecule has 3 aromatic rings. The molecule has 0 aliphatic carbocycles. The van der Waals surface area contributed by atoms with Gasteiger partial charge in [0.15, 0.2) is 5.69 Å². The number of amides is 2. The van der Waals surface area contributed by atoms with E-state index in [0.29, 0.717) is 55.1 Å². The van der Waals surface area contributed by atoms with Crippen LogP contribution in [0.3, 0.4) is 0 Å². The van der Waals surface area contributed by atoms with Crippen LogP contribution >= 0.6 is 11.6 Å². The fourth-order valence-electron chi connectivity index (χ4n) is 2.91. The quantitative estimate of drug-likeness (QED) is 0.322. The monoisotopic (exact) mass is 499 g/mol. The minimum absolute atomic E-state index is 0.0164. The highest BCUT2D eigenvalue weighted by atomic mass is 35.5. The van der Waals surface area contributed by atoms with E-state index >= 15 is 0 Å². The number of rotatable bonds is 12. The van der Waals surface area contributed by atoms with Crippen LogP contribution in [0.1, 0.15) is 27.3 Å². The summed E-state index contributed by atoms with van der Waals surface area (Å²) < 4.78 is 16.4. The average molecular weight is 500 g/mol. The topological polar surface area (TPSA) is 138 Å². The molecule has 0 fully saturated rings. The number of anilines is 2. The maximum absolute atomic E-state index is 13.1. The number of aromatic nitrogens is 2. The van der Waals surface area contributed by atoms with Gasteiger partial charge in [0.05, 0.1) is 29.5 Å². The second kappa shape index (κ2) is 13.2. The molecule has 2 heterocycles. The summed E-state index contributed by atoms with van der Waals surface area (Å²) in [5.74, 6) is 0.117. The summed E-state index contributed by atoms with van der Waals surface area (Å²) in [5.41, 5.74) is 6.05. The zero-order chi connectivity index (χ0) is 25.0. The molecule has 0 saturated heterocycles. The van der Waals surface area contributed by atoms with Crippen LogP contribution in [0.4, 0.5) is 11.5 Å². The first-order valence-corrected chi connectivity index (χ1v) is 11.2. The average Bonchev–Trinajstić information content (AvgIpc) is 2.86. The van der Waals surface area contributed by atoms with Gasteiger partial charge in [0.25, 0.3) is 11.8 Å². The van der Waals surface area contributed by atoms with Gasteiger partial charge in [-0.2, -0.15) is 0 Å². The molecule has 35 heavy (non-hydrogen) atoms. The molecule has 0 atom stereocenters. The number of carbonyl (C=O) groups excluding carboxylic acids is 2. The Hall–Kier alpha value is -3.73. The number of nitrogens with two attached hydrogens (primary N) is 1. The zero-order valence-electron chi connectivity index (χ0n) is 19.1. The lowest BCUT2D eigenvalue weighted by Gasteiger charge is -2.15. The van der Waals surface area contributed by atoms with Gasteiger partial charge in [-0.1, -0.05) is 11.6 Å². The van der Waals surface area contributed by atoms with Crippen molar-refractivity contribution in [3.05, 3.63) is 71.1 Å². The molecule has 2 aromatic heterocycles. The van der Waals surface area contributed by atoms with Gasteiger partial charge in [-0.05, 0) is 49.4 Å². The Bertz CT molecular complexity index is 1140. The minimum atomic E-state index is -0.544. The number of methoxy groups -OCH3 is 1. The SMILES string of the molecule is COCCOc1ccc(C(=O)Nc2cccnc2C(=O)Nc2ccc(Cl)cn2)c(OCCCN)c1. The van der Waals surface area contributed by atoms with E-state index in [-0.39, 0.29) is 16.9 Å². The first-order valence-electron chi connectivity index (χ1n) is 10.8. The summed E-state index contributed by atoms with van der Waals surface area (Å²) in [4.78, 5) is 34.1. The standard InChI is InChI=1S/C24H26ClN5O5/c1-33-12-13-34-17-6-7-18(20(14-17)35-11-3-9-26)23(31)29-19-4-2-10-27-22(19)24(32)30-21-8-5-16(25)15-28-21/h2,4-8,10,14-15H,3,9,11-13,26H2,1H3,(H,29,31)(H,28,30,32). The predicted molar refractivity (Wildman–Crippen MR) is 132 cm³/mol. The van der Waals surface area contributed by atoms with E-state index in [0.717, 1.165) is 0 Å². The van der Waals surface area contributed by atoms with Crippen molar-refractivity contribution in [2.24, 2.45) is 5.73 Å². The Labute approximate surface area is 207 Å². The fourth-order valence-corrected chi connectivity index (χ4v) is 3.02. The molecule has 4 N–H and O–H groups in total. The third kappa shape index (κ3) is 7.64. The van der Waals surface area contributed by atoms with Crippen molar-refractivity contribution in [1.29, 1.82) is 0 Å². The molecule has 184 valence electrons. The van der Waals surface area contributed by atoms with Crippen molar-refractivity contribution in [1.82, 2.24) is 9.97 Å². The number of benzene rings is 1. The smallest absolute Gasteiger partial charge is 0.277 e. The molecule has 0 saturated carbocycles. The number of nitrogens with one attached hydrogen (secondary N) is 2. The van der Waals surface area contributed by atoms with Crippen LogP contribution in [-0.4, -0.2) is 55.3 Å². The number of carbonyl (C=O) groups is 2. The number of ether oxygens (including phenoxy) is 3. The van der Waals surface area contributed by atoms with Gasteiger partial charge in [0, 0.05) is 25.6 Å². The molecule has 0 radical (unpaired) electrons. The first-order chi connectivity index (χ1) is 17.0. The third-order valence-corrected chi connectivity index (χ3v) is 4.82. The lowest BCUT2D eigenvalue weighted by molar-refractivity contribution is 0.102. The number of hydrogen-bond donors (Lipinski definition) is 3. The molecule has 0 aliphatic heterocycles. The summed E-state index contributed by atoms with van der Waals surface area (Å²) >= 11 is 5.84. The molecule has 1 aromatic carbocycles. The highest BCUT2D eigenvalue weighted by molar-refractivity contribution is 6.30. The fraction of sp³-hybridized carbons (Fsp3) is 0.250. The van der Waals surface area contributed by atoms with E-state index in [1.807, 2.05) is 0 Å². The number of hydrogen-bond acceptors (Lipinski definition) is 8. The van der Waals surface area contributed by atoms with Gasteiger partial charge in [-0.3, -0.25) is 9.59 Å². The summed E-state index contributed by atoms with van der Waals surface area (Å²) in [6, 6.07) is 11.2. The Morgan fingerprint density at radius 3 is 2.60 bits per heavy atom. The van der Waals surface area contributed by atoms with E-state index in [2.05, 4.69) is 20.6 Å². The number of halogens is 1. The highest BCUT2D eigenvalue weighted by Crippen LogP contribution is 2.27. The minimum Gasteiger partial charge on any atom is -0.493 e. The molecule has 0 aliphatic rings. The van der Waals surface area contributed by atoms with Gasteiger partial charge in [0.1, 0.15) is 23.9 Å². The van der Waals surface area contributed by atoms with Gasteiger partial charge in [-0.15, -0.1) is 0 Å². The number of nitrogens with zero attached hydrogens (tertiary/aromatic N) is 2. The molecular weight excluding hydrogens is 474 g/mol. The summed E-state index contributed by atoms with van der Waals surface area (Å²) in [6.07, 6.45) is 3.47. The largest absolute Gasteiger partial charge is 0.493 e. The summed E-state index contributed by atoms with van der Waals surface area (Å²) in [5, 5.41) is 5.80. The predicted octanol–water partition coefficient (Wildman–Crippen LogP) is 3.39. The van der Waals surface area contributed by atoms with Crippen LogP contribution < -0.4 is 25.8 Å². The Morgan fingerprint density at radius 2 is 1.86 bits per heavy atom. The van der Waals surface area contributed by atoms with Gasteiger partial charge >= 0.3 is 0 Å². The summed E-state index contributed by atoms with van der Waals surface area (Å²) in [6.45, 7) is 1.54. The van der Waals surface area contributed by atoms with Crippen LogP contribution in [0.2, 0.25) is 5.02 Å². The van der Waals surface area contributed by atoms with Crippen LogP contribution in [0.25, 0.3) is 0 Å². The van der Waals surface area contributed by atoms with Gasteiger partial charge in [-0.25, -0.2) is 9.97 Å². The maximum atomic E-state index is 13.1. The Morgan fingerprint density at radius 1 is 1.00 bits per heavy atom. The number of pyridine rings is 2. The van der Waals surface area contributed by atoms with Crippen molar-refractivity contribution in [3.63, 3.8) is 0 Å². The Kier molecular flexibility index (Phi) is 9.79. The molecule has 2 amide bonds. The highest BCUT2D eigenvalue weighted by Gasteiger charge is 2.19. The van der Waals surface area contributed by atoms with E-state index in [4.69, 9.17) is 31.5 Å². The van der Waals surface area contributed by atoms with Crippen LogP contribution in [-0.2, 0) is 4.74 Å². The van der Waals surface area contributed by atoms with Gasteiger partial charge < -0.3 is 30.6 Å². The molecule has 10 nitrogen and oxygen atoms in total. The molecule has 3 rings (SSSR count). The van der Waals surface area contributed by atoms with Crippen LogP contribution in [0, 0.1) is 0 Å². The van der Waals surface area contributed by atoms with Crippen LogP contribution in [0.15, 0.2) is 54.9 Å². The second-order valence-electron chi connectivity index (χ2n) is 7.16. The van der Waals surface area contributed by atoms with Gasteiger partial charge in [0.2, 0.25) is 0 Å². The Balaban J connectivity index is 1.79.